The van der Waals surface area contributed by atoms with Gasteiger partial charge in [0.15, 0.2) is 0 Å². The van der Waals surface area contributed by atoms with Gasteiger partial charge in [0, 0.05) is 16.6 Å². The summed E-state index contributed by atoms with van der Waals surface area (Å²) in [6.45, 7) is 1.25. The van der Waals surface area contributed by atoms with E-state index in [-0.39, 0.29) is 11.1 Å². The van der Waals surface area contributed by atoms with Gasteiger partial charge in [-0.15, -0.1) is 0 Å². The highest BCUT2D eigenvalue weighted by molar-refractivity contribution is 5.79. The number of aryl methyl sites for hydroxylation is 1. The second-order valence-electron chi connectivity index (χ2n) is 3.50. The van der Waals surface area contributed by atoms with E-state index in [0.717, 1.165) is 0 Å². The van der Waals surface area contributed by atoms with E-state index in [1.165, 1.54) is 19.1 Å². The molecule has 1 heterocycles. The SMILES string of the molecule is Cc1[nH]c2ccccc2c(=O)c1C(F)(F)F. The van der Waals surface area contributed by atoms with E-state index in [4.69, 9.17) is 0 Å². The van der Waals surface area contributed by atoms with Crippen LogP contribution in [0.2, 0.25) is 0 Å². The summed E-state index contributed by atoms with van der Waals surface area (Å²) in [5, 5.41) is 0.0559. The molecule has 0 bridgehead atoms. The van der Waals surface area contributed by atoms with Crippen LogP contribution in [0.3, 0.4) is 0 Å². The summed E-state index contributed by atoms with van der Waals surface area (Å²) >= 11 is 0. The summed E-state index contributed by atoms with van der Waals surface area (Å²) in [5.41, 5.74) is -1.83. The summed E-state index contributed by atoms with van der Waals surface area (Å²) in [6.07, 6.45) is -4.62. The van der Waals surface area contributed by atoms with Crippen LogP contribution in [0.4, 0.5) is 13.2 Å². The Kier molecular flexibility index (Phi) is 2.26. The molecular weight excluding hydrogens is 219 g/mol. The first kappa shape index (κ1) is 10.7. The maximum atomic E-state index is 12.6. The van der Waals surface area contributed by atoms with Crippen LogP contribution in [-0.2, 0) is 6.18 Å². The highest BCUT2D eigenvalue weighted by Crippen LogP contribution is 2.29. The minimum Gasteiger partial charge on any atom is -0.358 e. The van der Waals surface area contributed by atoms with E-state index in [1.807, 2.05) is 0 Å². The van der Waals surface area contributed by atoms with Gasteiger partial charge in [0.05, 0.1) is 0 Å². The first-order chi connectivity index (χ1) is 7.41. The summed E-state index contributed by atoms with van der Waals surface area (Å²) in [7, 11) is 0. The van der Waals surface area contributed by atoms with Gasteiger partial charge in [-0.05, 0) is 19.1 Å². The monoisotopic (exact) mass is 227 g/mol. The van der Waals surface area contributed by atoms with Crippen molar-refractivity contribution < 1.29 is 13.2 Å². The van der Waals surface area contributed by atoms with Crippen LogP contribution in [0.15, 0.2) is 29.1 Å². The molecule has 0 atom stereocenters. The summed E-state index contributed by atoms with van der Waals surface area (Å²) in [4.78, 5) is 14.2. The van der Waals surface area contributed by atoms with Crippen LogP contribution in [0.1, 0.15) is 11.3 Å². The van der Waals surface area contributed by atoms with Crippen molar-refractivity contribution in [2.45, 2.75) is 13.1 Å². The van der Waals surface area contributed by atoms with Crippen LogP contribution in [0.25, 0.3) is 10.9 Å². The molecule has 2 rings (SSSR count). The van der Waals surface area contributed by atoms with Gasteiger partial charge in [0.2, 0.25) is 5.43 Å². The van der Waals surface area contributed by atoms with Crippen molar-refractivity contribution in [1.29, 1.82) is 0 Å². The number of fused-ring (bicyclic) bond motifs is 1. The number of aromatic amines is 1. The fraction of sp³-hybridized carbons (Fsp3) is 0.182. The van der Waals surface area contributed by atoms with Crippen molar-refractivity contribution >= 4 is 10.9 Å². The fourth-order valence-electron chi connectivity index (χ4n) is 1.70. The van der Waals surface area contributed by atoms with Crippen molar-refractivity contribution in [3.8, 4) is 0 Å². The Bertz CT molecular complexity index is 598. The third-order valence-corrected chi connectivity index (χ3v) is 2.38. The minimum absolute atomic E-state index is 0.0559. The molecule has 1 N–H and O–H groups in total. The third kappa shape index (κ3) is 1.58. The van der Waals surface area contributed by atoms with E-state index < -0.39 is 17.2 Å². The van der Waals surface area contributed by atoms with Crippen molar-refractivity contribution in [1.82, 2.24) is 4.98 Å². The smallest absolute Gasteiger partial charge is 0.358 e. The molecule has 1 aromatic heterocycles. The molecule has 0 aliphatic heterocycles. The predicted molar refractivity (Wildman–Crippen MR) is 54.3 cm³/mol. The Hall–Kier alpha value is -1.78. The van der Waals surface area contributed by atoms with Gasteiger partial charge in [0.25, 0.3) is 0 Å². The van der Waals surface area contributed by atoms with E-state index >= 15 is 0 Å². The number of hydrogen-bond acceptors (Lipinski definition) is 1. The minimum atomic E-state index is -4.62. The Labute approximate surface area is 88.7 Å². The lowest BCUT2D eigenvalue weighted by atomic mass is 10.1. The van der Waals surface area contributed by atoms with Crippen molar-refractivity contribution in [3.63, 3.8) is 0 Å². The normalized spacial score (nSPS) is 12.0. The average molecular weight is 227 g/mol. The van der Waals surface area contributed by atoms with Crippen molar-refractivity contribution in [2.24, 2.45) is 0 Å². The number of hydrogen-bond donors (Lipinski definition) is 1. The van der Waals surface area contributed by atoms with Crippen molar-refractivity contribution in [2.75, 3.05) is 0 Å². The molecule has 0 unspecified atom stereocenters. The van der Waals surface area contributed by atoms with Crippen LogP contribution in [-0.4, -0.2) is 4.98 Å². The van der Waals surface area contributed by atoms with Gasteiger partial charge in [-0.2, -0.15) is 13.2 Å². The number of pyridine rings is 1. The molecule has 0 fully saturated rings. The zero-order valence-corrected chi connectivity index (χ0v) is 8.35. The van der Waals surface area contributed by atoms with E-state index in [0.29, 0.717) is 5.52 Å². The third-order valence-electron chi connectivity index (χ3n) is 2.38. The first-order valence-corrected chi connectivity index (χ1v) is 4.60. The lowest BCUT2D eigenvalue weighted by molar-refractivity contribution is -0.139. The van der Waals surface area contributed by atoms with E-state index in [9.17, 15) is 18.0 Å². The largest absolute Gasteiger partial charge is 0.421 e. The highest BCUT2D eigenvalue weighted by Gasteiger charge is 2.36. The van der Waals surface area contributed by atoms with Crippen LogP contribution in [0, 0.1) is 6.92 Å². The van der Waals surface area contributed by atoms with Gasteiger partial charge in [-0.25, -0.2) is 0 Å². The molecule has 0 aliphatic carbocycles. The average Bonchev–Trinajstić information content (AvgIpc) is 2.15. The Morgan fingerprint density at radius 1 is 1.19 bits per heavy atom. The van der Waals surface area contributed by atoms with Crippen LogP contribution in [0.5, 0.6) is 0 Å². The van der Waals surface area contributed by atoms with Gasteiger partial charge in [-0.1, -0.05) is 12.1 Å². The van der Waals surface area contributed by atoms with Gasteiger partial charge in [0.1, 0.15) is 5.56 Å². The zero-order chi connectivity index (χ0) is 11.9. The summed E-state index contributed by atoms with van der Waals surface area (Å²) < 4.78 is 37.9. The van der Waals surface area contributed by atoms with Gasteiger partial charge >= 0.3 is 6.18 Å². The molecule has 0 aliphatic rings. The maximum absolute atomic E-state index is 12.6. The standard InChI is InChI=1S/C11H8F3NO/c1-6-9(11(12,13)14)10(16)7-4-2-3-5-8(7)15-6/h2-5H,1H3,(H,15,16). The zero-order valence-electron chi connectivity index (χ0n) is 8.35. The van der Waals surface area contributed by atoms with Gasteiger partial charge < -0.3 is 4.98 Å². The number of benzene rings is 1. The Morgan fingerprint density at radius 3 is 2.44 bits per heavy atom. The lowest BCUT2D eigenvalue weighted by Gasteiger charge is -2.10. The molecule has 0 radical (unpaired) electrons. The van der Waals surface area contributed by atoms with E-state index in [1.54, 1.807) is 12.1 Å². The first-order valence-electron chi connectivity index (χ1n) is 4.60. The van der Waals surface area contributed by atoms with Crippen molar-refractivity contribution in [3.05, 3.63) is 45.7 Å². The molecule has 0 saturated carbocycles. The van der Waals surface area contributed by atoms with E-state index in [2.05, 4.69) is 4.98 Å². The quantitative estimate of drug-likeness (QED) is 0.737. The molecule has 0 amide bonds. The number of rotatable bonds is 0. The second-order valence-corrected chi connectivity index (χ2v) is 3.50. The number of para-hydroxylation sites is 1. The maximum Gasteiger partial charge on any atom is 0.421 e. The second kappa shape index (κ2) is 3.37. The Balaban J connectivity index is 2.92. The molecule has 2 aromatic rings. The summed E-state index contributed by atoms with van der Waals surface area (Å²) in [5.74, 6) is 0. The fourth-order valence-corrected chi connectivity index (χ4v) is 1.70. The molecule has 2 nitrogen and oxygen atoms in total. The molecule has 5 heteroatoms. The molecule has 0 spiro atoms. The lowest BCUT2D eigenvalue weighted by Crippen LogP contribution is -2.22. The number of halogens is 3. The Morgan fingerprint density at radius 2 is 1.81 bits per heavy atom. The number of H-pyrrole nitrogens is 1. The number of alkyl halides is 3. The van der Waals surface area contributed by atoms with Crippen LogP contribution < -0.4 is 5.43 Å². The molecule has 0 saturated heterocycles. The number of aromatic nitrogens is 1. The predicted octanol–water partition coefficient (Wildman–Crippen LogP) is 2.86. The molecule has 84 valence electrons. The topological polar surface area (TPSA) is 32.9 Å². The molecule has 1 aromatic carbocycles. The van der Waals surface area contributed by atoms with Crippen LogP contribution >= 0.6 is 0 Å². The summed E-state index contributed by atoms with van der Waals surface area (Å²) in [6, 6.07) is 6.14. The van der Waals surface area contributed by atoms with Gasteiger partial charge in [-0.3, -0.25) is 4.79 Å². The molecule has 16 heavy (non-hydrogen) atoms. The molecular formula is C11H8F3NO. The number of nitrogens with one attached hydrogen (secondary N) is 1. The highest BCUT2D eigenvalue weighted by atomic mass is 19.4.